The van der Waals surface area contributed by atoms with Gasteiger partial charge in [0.15, 0.2) is 0 Å². The molecule has 0 saturated carbocycles. The molecular formula is C16H15FN4OS. The van der Waals surface area contributed by atoms with Gasteiger partial charge in [-0.1, -0.05) is 12.1 Å². The Bertz CT molecular complexity index is 776. The lowest BCUT2D eigenvalue weighted by atomic mass is 10.2. The zero-order valence-corrected chi connectivity index (χ0v) is 13.3. The molecule has 0 saturated heterocycles. The van der Waals surface area contributed by atoms with Crippen LogP contribution in [0.4, 0.5) is 4.39 Å². The normalized spacial score (nSPS) is 10.7. The smallest absolute Gasteiger partial charge is 0.205 e. The molecule has 0 radical (unpaired) electrons. The van der Waals surface area contributed by atoms with Crippen molar-refractivity contribution in [3.05, 3.63) is 54.3 Å². The number of rotatable bonds is 6. The number of thioether (sulfide) groups is 1. The van der Waals surface area contributed by atoms with Crippen molar-refractivity contribution in [3.8, 4) is 17.1 Å². The van der Waals surface area contributed by atoms with Crippen LogP contribution >= 0.6 is 11.8 Å². The van der Waals surface area contributed by atoms with Gasteiger partial charge >= 0.3 is 0 Å². The monoisotopic (exact) mass is 330 g/mol. The highest BCUT2D eigenvalue weighted by Gasteiger charge is 2.07. The fourth-order valence-electron chi connectivity index (χ4n) is 1.99. The van der Waals surface area contributed by atoms with Crippen molar-refractivity contribution >= 4 is 11.8 Å². The number of hydrogen-bond acceptors (Lipinski definition) is 5. The molecule has 0 bridgehead atoms. The number of benzene rings is 2. The van der Waals surface area contributed by atoms with Crippen molar-refractivity contribution in [2.45, 2.75) is 11.4 Å². The van der Waals surface area contributed by atoms with E-state index in [1.807, 2.05) is 24.3 Å². The molecule has 0 atom stereocenters. The largest absolute Gasteiger partial charge is 0.497 e. The topological polar surface area (TPSA) is 52.8 Å². The summed E-state index contributed by atoms with van der Waals surface area (Å²) in [7, 11) is 1.62. The zero-order chi connectivity index (χ0) is 16.1. The van der Waals surface area contributed by atoms with Gasteiger partial charge in [-0.05, 0) is 41.6 Å². The van der Waals surface area contributed by atoms with E-state index in [4.69, 9.17) is 4.74 Å². The van der Waals surface area contributed by atoms with Crippen molar-refractivity contribution < 1.29 is 9.13 Å². The first kappa shape index (κ1) is 15.5. The summed E-state index contributed by atoms with van der Waals surface area (Å²) in [5.74, 6) is 1.87. The van der Waals surface area contributed by atoms with E-state index in [1.165, 1.54) is 12.1 Å². The Labute approximate surface area is 137 Å². The Morgan fingerprint density at radius 1 is 1.17 bits per heavy atom. The van der Waals surface area contributed by atoms with E-state index < -0.39 is 0 Å². The fourth-order valence-corrected chi connectivity index (χ4v) is 2.81. The van der Waals surface area contributed by atoms with Crippen molar-refractivity contribution in [3.63, 3.8) is 0 Å². The van der Waals surface area contributed by atoms with Crippen LogP contribution in [-0.4, -0.2) is 33.1 Å². The summed E-state index contributed by atoms with van der Waals surface area (Å²) in [6.45, 7) is 0.624. The Balaban J connectivity index is 1.59. The third-order valence-corrected chi connectivity index (χ3v) is 4.15. The van der Waals surface area contributed by atoms with Crippen LogP contribution in [0.5, 0.6) is 5.75 Å². The number of ether oxygens (including phenoxy) is 1. The van der Waals surface area contributed by atoms with Crippen LogP contribution in [0.1, 0.15) is 0 Å². The van der Waals surface area contributed by atoms with Gasteiger partial charge in [-0.2, -0.15) is 4.80 Å². The van der Waals surface area contributed by atoms with Crippen LogP contribution in [0.2, 0.25) is 0 Å². The Hall–Kier alpha value is -2.41. The molecule has 23 heavy (non-hydrogen) atoms. The maximum absolute atomic E-state index is 12.8. The molecular weight excluding hydrogens is 315 g/mol. The second-order valence-corrected chi connectivity index (χ2v) is 5.91. The Morgan fingerprint density at radius 2 is 2.00 bits per heavy atom. The molecule has 0 aliphatic carbocycles. The highest BCUT2D eigenvalue weighted by molar-refractivity contribution is 7.99. The minimum Gasteiger partial charge on any atom is -0.497 e. The molecule has 0 N–H and O–H groups in total. The third-order valence-electron chi connectivity index (χ3n) is 3.15. The standard InChI is InChI=1S/C16H15FN4OS/c1-22-14-4-2-3-12(11-14)16-18-20-21(19-16)9-10-23-15-7-5-13(17)6-8-15/h2-8,11H,9-10H2,1H3. The van der Waals surface area contributed by atoms with Crippen molar-refractivity contribution in [1.82, 2.24) is 20.2 Å². The zero-order valence-electron chi connectivity index (χ0n) is 12.5. The van der Waals surface area contributed by atoms with E-state index in [2.05, 4.69) is 15.4 Å². The van der Waals surface area contributed by atoms with Crippen LogP contribution in [0.3, 0.4) is 0 Å². The summed E-state index contributed by atoms with van der Waals surface area (Å²) in [4.78, 5) is 2.57. The number of tetrazole rings is 1. The lowest BCUT2D eigenvalue weighted by molar-refractivity contribution is 0.415. The summed E-state index contributed by atoms with van der Waals surface area (Å²) >= 11 is 1.62. The molecule has 3 aromatic rings. The van der Waals surface area contributed by atoms with E-state index >= 15 is 0 Å². The highest BCUT2D eigenvalue weighted by Crippen LogP contribution is 2.20. The molecule has 0 amide bonds. The molecule has 0 spiro atoms. The number of methoxy groups -OCH3 is 1. The van der Waals surface area contributed by atoms with E-state index in [-0.39, 0.29) is 5.82 Å². The Morgan fingerprint density at radius 3 is 2.78 bits per heavy atom. The predicted octanol–water partition coefficient (Wildman–Crippen LogP) is 3.28. The maximum Gasteiger partial charge on any atom is 0.205 e. The molecule has 0 fully saturated rings. The minimum absolute atomic E-state index is 0.227. The van der Waals surface area contributed by atoms with Crippen LogP contribution in [0.15, 0.2) is 53.4 Å². The number of aromatic nitrogens is 4. The van der Waals surface area contributed by atoms with E-state index in [0.29, 0.717) is 12.4 Å². The molecule has 3 rings (SSSR count). The van der Waals surface area contributed by atoms with Crippen molar-refractivity contribution in [2.75, 3.05) is 12.9 Å². The number of nitrogens with zero attached hydrogens (tertiary/aromatic N) is 4. The number of hydrogen-bond donors (Lipinski definition) is 0. The first-order valence-corrected chi connectivity index (χ1v) is 8.04. The van der Waals surface area contributed by atoms with Gasteiger partial charge in [-0.15, -0.1) is 22.0 Å². The molecule has 0 aliphatic rings. The van der Waals surface area contributed by atoms with Gasteiger partial charge in [0.1, 0.15) is 11.6 Å². The van der Waals surface area contributed by atoms with E-state index in [1.54, 1.807) is 35.8 Å². The van der Waals surface area contributed by atoms with E-state index in [9.17, 15) is 4.39 Å². The van der Waals surface area contributed by atoms with Crippen LogP contribution < -0.4 is 4.74 Å². The van der Waals surface area contributed by atoms with Crippen molar-refractivity contribution in [1.29, 1.82) is 0 Å². The lowest BCUT2D eigenvalue weighted by Crippen LogP contribution is -2.04. The summed E-state index contributed by atoms with van der Waals surface area (Å²) < 4.78 is 18.0. The Kier molecular flexibility index (Phi) is 4.87. The summed E-state index contributed by atoms with van der Waals surface area (Å²) in [5, 5.41) is 12.5. The minimum atomic E-state index is -0.227. The summed E-state index contributed by atoms with van der Waals surface area (Å²) in [5.41, 5.74) is 0.863. The molecule has 7 heteroatoms. The SMILES string of the molecule is COc1cccc(-c2nnn(CCSc3ccc(F)cc3)n2)c1. The first-order chi connectivity index (χ1) is 11.2. The predicted molar refractivity (Wildman–Crippen MR) is 86.9 cm³/mol. The van der Waals surface area contributed by atoms with Gasteiger partial charge in [-0.25, -0.2) is 4.39 Å². The molecule has 5 nitrogen and oxygen atoms in total. The highest BCUT2D eigenvalue weighted by atomic mass is 32.2. The fraction of sp³-hybridized carbons (Fsp3) is 0.188. The molecule has 0 unspecified atom stereocenters. The second kappa shape index (κ2) is 7.23. The van der Waals surface area contributed by atoms with Crippen LogP contribution in [-0.2, 0) is 6.54 Å². The summed E-state index contributed by atoms with van der Waals surface area (Å²) in [6, 6.07) is 14.0. The van der Waals surface area contributed by atoms with Gasteiger partial charge in [0, 0.05) is 16.2 Å². The quantitative estimate of drug-likeness (QED) is 0.649. The van der Waals surface area contributed by atoms with Gasteiger partial charge in [0.05, 0.1) is 13.7 Å². The van der Waals surface area contributed by atoms with Gasteiger partial charge in [-0.3, -0.25) is 0 Å². The average molecular weight is 330 g/mol. The van der Waals surface area contributed by atoms with Gasteiger partial charge in [0.25, 0.3) is 0 Å². The molecule has 1 aromatic heterocycles. The lowest BCUT2D eigenvalue weighted by Gasteiger charge is -2.01. The average Bonchev–Trinajstić information content (AvgIpc) is 3.06. The number of aryl methyl sites for hydroxylation is 1. The second-order valence-electron chi connectivity index (χ2n) is 4.74. The third kappa shape index (κ3) is 4.07. The van der Waals surface area contributed by atoms with Gasteiger partial charge in [0.2, 0.25) is 5.82 Å². The number of halogens is 1. The van der Waals surface area contributed by atoms with E-state index in [0.717, 1.165) is 22.0 Å². The molecule has 1 heterocycles. The molecule has 0 aliphatic heterocycles. The molecule has 118 valence electrons. The van der Waals surface area contributed by atoms with Crippen LogP contribution in [0, 0.1) is 5.82 Å². The molecule has 2 aromatic carbocycles. The van der Waals surface area contributed by atoms with Gasteiger partial charge < -0.3 is 4.74 Å². The maximum atomic E-state index is 12.8. The van der Waals surface area contributed by atoms with Crippen LogP contribution in [0.25, 0.3) is 11.4 Å². The first-order valence-electron chi connectivity index (χ1n) is 7.05. The van der Waals surface area contributed by atoms with Crippen molar-refractivity contribution in [2.24, 2.45) is 0 Å². The summed E-state index contributed by atoms with van der Waals surface area (Å²) in [6.07, 6.45) is 0.